The molecule has 1 atom stereocenters. The van der Waals surface area contributed by atoms with E-state index in [0.717, 1.165) is 25.7 Å². The Labute approximate surface area is 255 Å². The van der Waals surface area contributed by atoms with E-state index >= 15 is 0 Å². The third kappa shape index (κ3) is 7.83. The van der Waals surface area contributed by atoms with Gasteiger partial charge in [0.05, 0.1) is 19.2 Å². The number of esters is 1. The molecule has 2 amide bonds. The van der Waals surface area contributed by atoms with E-state index in [2.05, 4.69) is 15.6 Å². The molecule has 1 aromatic heterocycles. The van der Waals surface area contributed by atoms with Gasteiger partial charge in [-0.15, -0.1) is 0 Å². The van der Waals surface area contributed by atoms with Gasteiger partial charge in [-0.25, -0.2) is 4.79 Å². The van der Waals surface area contributed by atoms with Gasteiger partial charge in [0.2, 0.25) is 5.91 Å². The maximum Gasteiger partial charge on any atom is 0.329 e. The minimum absolute atomic E-state index is 0.0961. The molecule has 44 heavy (non-hydrogen) atoms. The van der Waals surface area contributed by atoms with Crippen LogP contribution < -0.4 is 24.8 Å². The van der Waals surface area contributed by atoms with E-state index in [4.69, 9.17) is 18.9 Å². The lowest BCUT2D eigenvalue weighted by atomic mass is 10.1. The van der Waals surface area contributed by atoms with Crippen LogP contribution in [0.25, 0.3) is 10.9 Å². The number of amides is 2. The molecule has 4 aromatic rings. The van der Waals surface area contributed by atoms with E-state index < -0.39 is 12.0 Å². The van der Waals surface area contributed by atoms with E-state index in [1.165, 1.54) is 14.0 Å². The van der Waals surface area contributed by atoms with E-state index in [1.807, 2.05) is 18.2 Å². The number of ether oxygens (including phenoxy) is 4. The fourth-order valence-electron chi connectivity index (χ4n) is 5.05. The number of hydrogen-bond acceptors (Lipinski definition) is 8. The van der Waals surface area contributed by atoms with Crippen LogP contribution in [-0.4, -0.2) is 48.6 Å². The summed E-state index contributed by atoms with van der Waals surface area (Å²) in [6.45, 7) is 1.50. The molecule has 10 nitrogen and oxygen atoms in total. The Morgan fingerprint density at radius 3 is 2.39 bits per heavy atom. The summed E-state index contributed by atoms with van der Waals surface area (Å²) in [7, 11) is 1.53. The van der Waals surface area contributed by atoms with Gasteiger partial charge in [-0.2, -0.15) is 0 Å². The number of pyridine rings is 1. The van der Waals surface area contributed by atoms with Crippen molar-refractivity contribution >= 4 is 34.4 Å². The lowest BCUT2D eigenvalue weighted by molar-refractivity contribution is -0.153. The molecule has 0 unspecified atom stereocenters. The second-order valence-electron chi connectivity index (χ2n) is 10.5. The molecule has 2 N–H and O–H groups in total. The van der Waals surface area contributed by atoms with Gasteiger partial charge in [0, 0.05) is 42.2 Å². The molecular weight excluding hydrogens is 562 g/mol. The monoisotopic (exact) mass is 597 g/mol. The second-order valence-corrected chi connectivity index (χ2v) is 10.5. The van der Waals surface area contributed by atoms with Gasteiger partial charge < -0.3 is 29.6 Å². The minimum atomic E-state index is -0.810. The first-order chi connectivity index (χ1) is 21.4. The Morgan fingerprint density at radius 1 is 0.932 bits per heavy atom. The molecule has 1 aliphatic carbocycles. The molecule has 1 heterocycles. The van der Waals surface area contributed by atoms with Gasteiger partial charge in [0.25, 0.3) is 5.91 Å². The molecule has 0 spiro atoms. The highest BCUT2D eigenvalue weighted by atomic mass is 16.5. The molecule has 0 radical (unpaired) electrons. The zero-order valence-corrected chi connectivity index (χ0v) is 24.7. The van der Waals surface area contributed by atoms with Gasteiger partial charge in [-0.3, -0.25) is 14.6 Å². The zero-order chi connectivity index (χ0) is 30.9. The maximum absolute atomic E-state index is 12.7. The quantitative estimate of drug-likeness (QED) is 0.189. The summed E-state index contributed by atoms with van der Waals surface area (Å²) in [6.07, 6.45) is 5.53. The van der Waals surface area contributed by atoms with Crippen LogP contribution in [0.1, 0.15) is 49.4 Å². The molecule has 3 aromatic carbocycles. The van der Waals surface area contributed by atoms with Crippen molar-refractivity contribution in [3.63, 3.8) is 0 Å². The van der Waals surface area contributed by atoms with Crippen molar-refractivity contribution in [1.29, 1.82) is 0 Å². The van der Waals surface area contributed by atoms with Crippen LogP contribution in [0.4, 0.5) is 5.69 Å². The van der Waals surface area contributed by atoms with Crippen molar-refractivity contribution in [2.24, 2.45) is 0 Å². The van der Waals surface area contributed by atoms with E-state index in [-0.39, 0.29) is 30.9 Å². The fraction of sp³-hybridized carbons (Fsp3) is 0.294. The highest BCUT2D eigenvalue weighted by molar-refractivity contribution is 6.04. The number of fused-ring (bicyclic) bond motifs is 1. The number of carbonyl (C=O) groups is 3. The topological polar surface area (TPSA) is 125 Å². The number of nitrogens with one attached hydrogen (secondary N) is 2. The van der Waals surface area contributed by atoms with Crippen LogP contribution in [0.5, 0.6) is 23.0 Å². The second kappa shape index (κ2) is 14.4. The van der Waals surface area contributed by atoms with Crippen molar-refractivity contribution in [3.8, 4) is 23.0 Å². The Bertz CT molecular complexity index is 1600. The number of hydrogen-bond donors (Lipinski definition) is 2. The Kier molecular flexibility index (Phi) is 9.91. The first-order valence-corrected chi connectivity index (χ1v) is 14.6. The van der Waals surface area contributed by atoms with Crippen LogP contribution in [0.2, 0.25) is 0 Å². The molecule has 228 valence electrons. The van der Waals surface area contributed by atoms with Gasteiger partial charge in [0.15, 0.2) is 11.5 Å². The van der Waals surface area contributed by atoms with Crippen molar-refractivity contribution < 1.29 is 33.3 Å². The summed E-state index contributed by atoms with van der Waals surface area (Å²) in [5.74, 6) is 1.07. The van der Waals surface area contributed by atoms with Gasteiger partial charge in [-0.1, -0.05) is 18.2 Å². The zero-order valence-electron chi connectivity index (χ0n) is 24.7. The van der Waals surface area contributed by atoms with E-state index in [9.17, 15) is 14.4 Å². The molecule has 0 saturated heterocycles. The molecule has 10 heteroatoms. The van der Waals surface area contributed by atoms with Crippen molar-refractivity contribution in [1.82, 2.24) is 10.3 Å². The first kappa shape index (κ1) is 30.3. The van der Waals surface area contributed by atoms with Crippen molar-refractivity contribution in [3.05, 3.63) is 84.6 Å². The summed E-state index contributed by atoms with van der Waals surface area (Å²) >= 11 is 0. The predicted octanol–water partition coefficient (Wildman–Crippen LogP) is 6.05. The first-order valence-electron chi connectivity index (χ1n) is 14.6. The summed E-state index contributed by atoms with van der Waals surface area (Å²) < 4.78 is 23.4. The van der Waals surface area contributed by atoms with Crippen LogP contribution in [0.15, 0.2) is 79.0 Å². The lowest BCUT2D eigenvalue weighted by Crippen LogP contribution is -2.42. The van der Waals surface area contributed by atoms with Gasteiger partial charge >= 0.3 is 5.97 Å². The smallest absolute Gasteiger partial charge is 0.329 e. The molecule has 5 rings (SSSR count). The predicted molar refractivity (Wildman–Crippen MR) is 165 cm³/mol. The van der Waals surface area contributed by atoms with E-state index in [0.29, 0.717) is 45.2 Å². The highest BCUT2D eigenvalue weighted by Crippen LogP contribution is 2.37. The van der Waals surface area contributed by atoms with Crippen LogP contribution in [-0.2, 0) is 14.3 Å². The van der Waals surface area contributed by atoms with Crippen molar-refractivity contribution in [2.45, 2.75) is 51.2 Å². The number of aromatic nitrogens is 1. The minimum Gasteiger partial charge on any atom is -0.493 e. The highest BCUT2D eigenvalue weighted by Gasteiger charge is 2.26. The number of benzene rings is 3. The molecular formula is C34H35N3O7. The standard InChI is InChI=1S/C34H35N3O7/c1-22(38)36-28(34(40)44-25-10-6-7-11-25)17-19-42-32-21-29-27(20-31(32)41-2)30(16-18-35-29)43-26-14-12-24(13-15-26)37-33(39)23-8-4-3-5-9-23/h3-5,8-9,12-16,18,20-21,25,28H,6-7,10-11,17,19H2,1-2H3,(H,36,38)(H,37,39)/t28-/m0/s1. The third-order valence-electron chi connectivity index (χ3n) is 7.27. The maximum atomic E-state index is 12.7. The Hall–Kier alpha value is -5.12. The third-order valence-corrected chi connectivity index (χ3v) is 7.27. The fourth-order valence-corrected chi connectivity index (χ4v) is 5.05. The number of carbonyl (C=O) groups excluding carboxylic acids is 3. The van der Waals surface area contributed by atoms with Gasteiger partial charge in [-0.05, 0) is 74.2 Å². The summed E-state index contributed by atoms with van der Waals surface area (Å²) in [5, 5.41) is 6.25. The molecule has 0 aliphatic heterocycles. The van der Waals surface area contributed by atoms with Gasteiger partial charge in [0.1, 0.15) is 23.6 Å². The summed E-state index contributed by atoms with van der Waals surface area (Å²) in [4.78, 5) is 41.4. The molecule has 1 saturated carbocycles. The number of methoxy groups -OCH3 is 1. The Balaban J connectivity index is 1.24. The van der Waals surface area contributed by atoms with E-state index in [1.54, 1.807) is 60.8 Å². The van der Waals surface area contributed by atoms with Crippen LogP contribution in [0.3, 0.4) is 0 Å². The number of nitrogens with zero attached hydrogens (tertiary/aromatic N) is 1. The normalized spacial score (nSPS) is 13.6. The molecule has 0 bridgehead atoms. The summed E-state index contributed by atoms with van der Waals surface area (Å²) in [5.41, 5.74) is 1.83. The largest absolute Gasteiger partial charge is 0.493 e. The molecule has 1 aliphatic rings. The van der Waals surface area contributed by atoms with Crippen LogP contribution >= 0.6 is 0 Å². The lowest BCUT2D eigenvalue weighted by Gasteiger charge is -2.20. The summed E-state index contributed by atoms with van der Waals surface area (Å²) in [6, 6.07) is 20.5. The Morgan fingerprint density at radius 2 is 1.68 bits per heavy atom. The SMILES string of the molecule is COc1cc2c(Oc3ccc(NC(=O)c4ccccc4)cc3)ccnc2cc1OCC[C@H](NC(C)=O)C(=O)OC1CCCC1. The van der Waals surface area contributed by atoms with Crippen molar-refractivity contribution in [2.75, 3.05) is 19.0 Å². The van der Waals surface area contributed by atoms with Crippen LogP contribution in [0, 0.1) is 0 Å². The number of rotatable bonds is 12. The number of anilines is 1. The average Bonchev–Trinajstić information content (AvgIpc) is 3.54. The average molecular weight is 598 g/mol. The molecule has 1 fully saturated rings.